The quantitative estimate of drug-likeness (QED) is 0.654. The number of carbonyl (C=O) groups excluding carboxylic acids is 1. The van der Waals surface area contributed by atoms with Crippen molar-refractivity contribution in [3.05, 3.63) is 23.8 Å². The van der Waals surface area contributed by atoms with Gasteiger partial charge in [0.2, 0.25) is 0 Å². The number of rotatable bonds is 0. The van der Waals surface area contributed by atoms with Crippen LogP contribution in [0.4, 0.5) is 5.69 Å². The summed E-state index contributed by atoms with van der Waals surface area (Å²) >= 11 is 0. The van der Waals surface area contributed by atoms with Crippen LogP contribution in [-0.4, -0.2) is 24.8 Å². The van der Waals surface area contributed by atoms with Gasteiger partial charge in [0.25, 0.3) is 5.91 Å². The fourth-order valence-electron chi connectivity index (χ4n) is 2.25. The molecule has 2 heterocycles. The summed E-state index contributed by atoms with van der Waals surface area (Å²) in [6.45, 7) is 1.19. The maximum Gasteiger partial charge on any atom is 0.258 e. The van der Waals surface area contributed by atoms with E-state index in [0.717, 1.165) is 0 Å². The lowest BCUT2D eigenvalue weighted by atomic mass is 10.00. The van der Waals surface area contributed by atoms with Gasteiger partial charge in [0, 0.05) is 24.6 Å². The first-order valence-corrected chi connectivity index (χ1v) is 5.67. The minimum Gasteiger partial charge on any atom is -0.467 e. The molecule has 1 saturated heterocycles. The summed E-state index contributed by atoms with van der Waals surface area (Å²) in [5, 5.41) is 2.93. The van der Waals surface area contributed by atoms with E-state index in [1.807, 2.05) is 0 Å². The lowest BCUT2D eigenvalue weighted by molar-refractivity contribution is -0.0660. The van der Waals surface area contributed by atoms with Crippen LogP contribution in [0.5, 0.6) is 5.75 Å². The van der Waals surface area contributed by atoms with Crippen molar-refractivity contribution < 1.29 is 14.3 Å². The van der Waals surface area contributed by atoms with Crippen LogP contribution in [0.15, 0.2) is 18.2 Å². The third kappa shape index (κ3) is 1.72. The van der Waals surface area contributed by atoms with Crippen molar-refractivity contribution in [1.82, 2.24) is 5.32 Å². The molecule has 2 aliphatic heterocycles. The van der Waals surface area contributed by atoms with Gasteiger partial charge in [0.05, 0.1) is 18.8 Å². The van der Waals surface area contributed by atoms with Crippen LogP contribution >= 0.6 is 0 Å². The normalized spacial score (nSPS) is 21.5. The van der Waals surface area contributed by atoms with E-state index >= 15 is 0 Å². The Morgan fingerprint density at radius 1 is 1.29 bits per heavy atom. The molecule has 0 aliphatic carbocycles. The van der Waals surface area contributed by atoms with Crippen LogP contribution < -0.4 is 15.8 Å². The molecule has 2 aliphatic rings. The number of carbonyl (C=O) groups is 1. The molecule has 0 aromatic heterocycles. The van der Waals surface area contributed by atoms with Crippen molar-refractivity contribution in [1.29, 1.82) is 0 Å². The molecule has 0 radical (unpaired) electrons. The molecule has 0 atom stereocenters. The van der Waals surface area contributed by atoms with E-state index in [0.29, 0.717) is 43.1 Å². The number of benzene rings is 1. The molecular weight excluding hydrogens is 220 g/mol. The highest BCUT2D eigenvalue weighted by Gasteiger charge is 2.41. The topological polar surface area (TPSA) is 73.6 Å². The van der Waals surface area contributed by atoms with E-state index < -0.39 is 5.72 Å². The largest absolute Gasteiger partial charge is 0.467 e. The number of fused-ring (bicyclic) bond motifs is 1. The Labute approximate surface area is 98.9 Å². The zero-order valence-corrected chi connectivity index (χ0v) is 9.36. The Hall–Kier alpha value is -1.75. The molecule has 1 fully saturated rings. The zero-order chi connectivity index (χ0) is 11.9. The lowest BCUT2D eigenvalue weighted by Crippen LogP contribution is -2.58. The zero-order valence-electron chi connectivity index (χ0n) is 9.36. The summed E-state index contributed by atoms with van der Waals surface area (Å²) in [7, 11) is 0. The third-order valence-corrected chi connectivity index (χ3v) is 3.20. The number of nitrogens with one attached hydrogen (secondary N) is 1. The second-order valence-corrected chi connectivity index (χ2v) is 4.42. The molecule has 90 valence electrons. The Bertz CT molecular complexity index is 467. The van der Waals surface area contributed by atoms with Gasteiger partial charge in [-0.25, -0.2) is 0 Å². The van der Waals surface area contributed by atoms with Gasteiger partial charge in [-0.3, -0.25) is 4.79 Å². The highest BCUT2D eigenvalue weighted by atomic mass is 16.5. The van der Waals surface area contributed by atoms with E-state index in [1.54, 1.807) is 18.2 Å². The third-order valence-electron chi connectivity index (χ3n) is 3.20. The summed E-state index contributed by atoms with van der Waals surface area (Å²) in [6, 6.07) is 5.08. The van der Waals surface area contributed by atoms with Crippen molar-refractivity contribution in [2.75, 3.05) is 18.9 Å². The molecule has 0 unspecified atom stereocenters. The highest BCUT2D eigenvalue weighted by molar-refractivity contribution is 5.98. The molecule has 1 amide bonds. The average molecular weight is 234 g/mol. The fourth-order valence-corrected chi connectivity index (χ4v) is 2.25. The summed E-state index contributed by atoms with van der Waals surface area (Å²) in [5.74, 6) is 0.462. The lowest BCUT2D eigenvalue weighted by Gasteiger charge is -2.41. The minimum absolute atomic E-state index is 0.104. The smallest absolute Gasteiger partial charge is 0.258 e. The van der Waals surface area contributed by atoms with Gasteiger partial charge in [-0.2, -0.15) is 0 Å². The first kappa shape index (κ1) is 10.4. The van der Waals surface area contributed by atoms with Crippen molar-refractivity contribution >= 4 is 11.6 Å². The van der Waals surface area contributed by atoms with Gasteiger partial charge in [-0.05, 0) is 12.1 Å². The standard InChI is InChI=1S/C12H14N2O3/c13-8-1-2-9-10(7-8)17-12(14-11(9)15)3-5-16-6-4-12/h1-2,7H,3-6,13H2,(H,14,15). The van der Waals surface area contributed by atoms with Gasteiger partial charge in [0.15, 0.2) is 5.72 Å². The van der Waals surface area contributed by atoms with Crippen LogP contribution in [0.1, 0.15) is 23.2 Å². The number of anilines is 1. The highest BCUT2D eigenvalue weighted by Crippen LogP contribution is 2.33. The molecule has 1 spiro atoms. The van der Waals surface area contributed by atoms with E-state index in [1.165, 1.54) is 0 Å². The number of hydrogen-bond acceptors (Lipinski definition) is 4. The van der Waals surface area contributed by atoms with E-state index in [2.05, 4.69) is 5.32 Å². The van der Waals surface area contributed by atoms with Gasteiger partial charge >= 0.3 is 0 Å². The van der Waals surface area contributed by atoms with Crippen LogP contribution in [-0.2, 0) is 4.74 Å². The van der Waals surface area contributed by atoms with Gasteiger partial charge in [-0.15, -0.1) is 0 Å². The number of hydrogen-bond donors (Lipinski definition) is 2. The molecule has 1 aromatic carbocycles. The Balaban J connectivity index is 1.98. The summed E-state index contributed by atoms with van der Waals surface area (Å²) in [5.41, 5.74) is 6.23. The summed E-state index contributed by atoms with van der Waals surface area (Å²) in [4.78, 5) is 12.0. The molecule has 0 saturated carbocycles. The van der Waals surface area contributed by atoms with Crippen molar-refractivity contribution in [2.45, 2.75) is 18.6 Å². The molecule has 0 bridgehead atoms. The molecule has 1 aromatic rings. The monoisotopic (exact) mass is 234 g/mol. The molecule has 5 heteroatoms. The molecule has 5 nitrogen and oxygen atoms in total. The number of nitrogen functional groups attached to an aromatic ring is 1. The molecule has 3 N–H and O–H groups in total. The molecule has 3 rings (SSSR count). The van der Waals surface area contributed by atoms with E-state index in [4.69, 9.17) is 15.2 Å². The van der Waals surface area contributed by atoms with Gasteiger partial charge < -0.3 is 20.5 Å². The van der Waals surface area contributed by atoms with Crippen LogP contribution in [0.2, 0.25) is 0 Å². The van der Waals surface area contributed by atoms with Crippen molar-refractivity contribution in [3.63, 3.8) is 0 Å². The number of ether oxygens (including phenoxy) is 2. The van der Waals surface area contributed by atoms with Crippen molar-refractivity contribution in [2.24, 2.45) is 0 Å². The Kier molecular flexibility index (Phi) is 2.22. The van der Waals surface area contributed by atoms with Crippen LogP contribution in [0.25, 0.3) is 0 Å². The fraction of sp³-hybridized carbons (Fsp3) is 0.417. The molecule has 17 heavy (non-hydrogen) atoms. The first-order valence-electron chi connectivity index (χ1n) is 5.67. The van der Waals surface area contributed by atoms with Gasteiger partial charge in [-0.1, -0.05) is 0 Å². The number of amides is 1. The van der Waals surface area contributed by atoms with Crippen LogP contribution in [0, 0.1) is 0 Å². The Morgan fingerprint density at radius 2 is 2.06 bits per heavy atom. The first-order chi connectivity index (χ1) is 8.19. The predicted octanol–water partition coefficient (Wildman–Crippen LogP) is 0.898. The van der Waals surface area contributed by atoms with E-state index in [-0.39, 0.29) is 5.91 Å². The predicted molar refractivity (Wildman–Crippen MR) is 61.7 cm³/mol. The average Bonchev–Trinajstić information content (AvgIpc) is 2.29. The SMILES string of the molecule is Nc1ccc2c(c1)OC1(CCOCC1)NC2=O. The second kappa shape index (κ2) is 3.63. The van der Waals surface area contributed by atoms with Crippen LogP contribution in [0.3, 0.4) is 0 Å². The summed E-state index contributed by atoms with van der Waals surface area (Å²) < 4.78 is 11.2. The van der Waals surface area contributed by atoms with E-state index in [9.17, 15) is 4.79 Å². The maximum absolute atomic E-state index is 12.0. The second-order valence-electron chi connectivity index (χ2n) is 4.42. The van der Waals surface area contributed by atoms with Crippen molar-refractivity contribution in [3.8, 4) is 5.75 Å². The molecular formula is C12H14N2O3. The maximum atomic E-state index is 12.0. The number of nitrogens with two attached hydrogens (primary N) is 1. The minimum atomic E-state index is -0.615. The summed E-state index contributed by atoms with van der Waals surface area (Å²) in [6.07, 6.45) is 1.32. The Morgan fingerprint density at radius 3 is 2.82 bits per heavy atom. The van der Waals surface area contributed by atoms with Gasteiger partial charge in [0.1, 0.15) is 5.75 Å².